The number of carboxylic acids is 1. The second-order valence-electron chi connectivity index (χ2n) is 24.8. The molecule has 10 unspecified atom stereocenters. The zero-order chi connectivity index (χ0) is 85.8. The summed E-state index contributed by atoms with van der Waals surface area (Å²) in [6.45, 7) is 25.1. The van der Waals surface area contributed by atoms with Gasteiger partial charge < -0.3 is 78.8 Å². The number of terminal acetylenes is 1. The fourth-order valence-electron chi connectivity index (χ4n) is 10.3. The summed E-state index contributed by atoms with van der Waals surface area (Å²) in [7, 11) is 0. The molecule has 2 rings (SSSR count). The lowest BCUT2D eigenvalue weighted by Crippen LogP contribution is -2.60. The molecule has 0 aliphatic rings. The van der Waals surface area contributed by atoms with Crippen LogP contribution >= 0.6 is 0 Å². The zero-order valence-electron chi connectivity index (χ0n) is 68.0. The van der Waals surface area contributed by atoms with E-state index >= 15 is 0 Å². The number of nitro groups is 2. The molecule has 111 heavy (non-hydrogen) atoms. The van der Waals surface area contributed by atoms with Gasteiger partial charge >= 0.3 is 11.9 Å². The van der Waals surface area contributed by atoms with Crippen molar-refractivity contribution in [2.45, 2.75) is 299 Å². The van der Waals surface area contributed by atoms with Crippen LogP contribution in [-0.4, -0.2) is 176 Å². The van der Waals surface area contributed by atoms with E-state index in [0.29, 0.717) is 70.6 Å². The fraction of sp³-hybridized carbons (Fsp3) is 0.632. The number of amides is 12. The lowest BCUT2D eigenvalue weighted by atomic mass is 10.00. The first-order valence-corrected chi connectivity index (χ1v) is 38.2. The Hall–Kier alpha value is -10.8. The molecular formula is C76H124N14O21. The number of benzene rings is 2. The van der Waals surface area contributed by atoms with Gasteiger partial charge in [-0.15, -0.1) is 12.8 Å². The maximum absolute atomic E-state index is 13.8. The number of hydrogen-bond acceptors (Lipinski definition) is 20. The highest BCUT2D eigenvalue weighted by Crippen LogP contribution is 2.20. The minimum Gasteiger partial charge on any atom is -0.508 e. The number of unbranched alkanes of at least 4 members (excludes halogenated alkanes) is 2. The van der Waals surface area contributed by atoms with Gasteiger partial charge in [0.05, 0.1) is 34.0 Å². The number of esters is 1. The summed E-state index contributed by atoms with van der Waals surface area (Å²) in [5.74, 6) is -7.17. The predicted molar refractivity (Wildman–Crippen MR) is 417 cm³/mol. The molecule has 0 saturated carbocycles. The van der Waals surface area contributed by atoms with Crippen LogP contribution in [0.15, 0.2) is 48.5 Å². The molecule has 2 aromatic carbocycles. The highest BCUT2D eigenvalue weighted by Gasteiger charge is 2.37. The molecule has 0 aromatic heterocycles. The molecule has 14 N–H and O–H groups in total. The van der Waals surface area contributed by atoms with Gasteiger partial charge in [0, 0.05) is 88.7 Å². The van der Waals surface area contributed by atoms with Crippen LogP contribution in [0.4, 0.5) is 11.4 Å². The monoisotopic (exact) mass is 1570 g/mol. The number of hydrogen-bond donors (Lipinski definition) is 14. The third kappa shape index (κ3) is 44.4. The standard InChI is InChI=1S/C36H57N7O10.C30H54N6O8.C6H5NO3.C2H6.C2H2/c1-7-15-25(38-28(44)9-3)32(41-30(46)11-5)34(48)37-22-14-13-17-27(36(50)53-24-20-18-23(19-21-24)43(51)52)40-35(49)33(42-31(47)12-6)26(16-8-2)39-29(45)10-4;1-7-15-19(32-22(37)9-3)26(35-24(39)11-5)28(41)31-18-14-13-17-21(30(43)44)34-29(42)27(36-25(40)12-6)20(16-8-2)33-23(38)10-4;8-6-3-1-5(2-4-6)7(9)10;2*1-2/h18-21,25-27,32-33H,7-17,22H2,1-6H3,(H,37,48)(H,38,44)(H,39,45)(H,40,49)(H,41,46)(H,42,47);19-21,26-27H,7-18H2,1-6H3,(H,31,41)(H,32,37)(H,33,38)(H,34,42)(H,35,39)(H,36,40)(H,43,44);1-4,8H;1-2H3;1-2H/i;;;;1D. The molecule has 624 valence electrons. The molecular weight excluding hydrogens is 1440 g/mol. The number of carboxylic acid groups (broad SMARTS) is 1. The van der Waals surface area contributed by atoms with E-state index in [4.69, 9.17) is 11.2 Å². The molecule has 0 spiro atoms. The molecule has 2 aromatic rings. The van der Waals surface area contributed by atoms with Gasteiger partial charge in [-0.1, -0.05) is 123 Å². The SMILES string of the molecule is CC.CCCC(NC(=O)CC)C(NC(=O)CC)C(=O)NCCCCC(NC(=O)C(NC(=O)CC)C(CCC)NC(=O)CC)C(=O)O.CCCC(NC(=O)CC)C(NC(=O)CC)C(=O)NCCCCC(NC(=O)C(NC(=O)CC)C(CCC)NC(=O)CC)C(=O)Oc1ccc([N+](=O)[O-])cc1.O=[N+]([O-])c1ccc(O)cc1.[2H]C#C. The average molecular weight is 1570 g/mol. The first-order valence-electron chi connectivity index (χ1n) is 38.7. The zero-order valence-corrected chi connectivity index (χ0v) is 67.0. The normalized spacial score (nSPS) is 13.0. The molecule has 35 nitrogen and oxygen atoms in total. The smallest absolute Gasteiger partial charge is 0.334 e. The van der Waals surface area contributed by atoms with Crippen LogP contribution in [0.1, 0.15) is 240 Å². The Balaban J connectivity index is -0.00000181. The molecule has 0 fully saturated rings. The topological polar surface area (TPSA) is 519 Å². The number of ether oxygens (including phenoxy) is 1. The quantitative estimate of drug-likeness (QED) is 0.00895. The number of non-ortho nitro benzene ring substituents is 2. The molecule has 0 radical (unpaired) electrons. The van der Waals surface area contributed by atoms with Gasteiger partial charge in [-0.05, 0) is 88.5 Å². The number of nitro benzene ring substituents is 2. The number of phenolic OH excluding ortho intramolecular Hbond substituents is 1. The lowest BCUT2D eigenvalue weighted by Gasteiger charge is -2.29. The molecule has 35 heteroatoms. The van der Waals surface area contributed by atoms with Crippen LogP contribution in [0.2, 0.25) is 0 Å². The first-order chi connectivity index (χ1) is 53.2. The maximum Gasteiger partial charge on any atom is 0.334 e. The molecule has 0 aliphatic heterocycles. The van der Waals surface area contributed by atoms with Crippen molar-refractivity contribution in [3.63, 3.8) is 0 Å². The fourth-order valence-corrected chi connectivity index (χ4v) is 10.3. The van der Waals surface area contributed by atoms with Crippen LogP contribution in [0, 0.1) is 33.1 Å². The highest BCUT2D eigenvalue weighted by molar-refractivity contribution is 5.94. The van der Waals surface area contributed by atoms with Crippen molar-refractivity contribution in [1.29, 1.82) is 0 Å². The number of phenols is 1. The van der Waals surface area contributed by atoms with Gasteiger partial charge in [0.15, 0.2) is 0 Å². The second-order valence-corrected chi connectivity index (χ2v) is 24.8. The number of nitrogens with zero attached hydrogens (tertiary/aromatic N) is 2. The van der Waals surface area contributed by atoms with E-state index in [1.807, 2.05) is 41.5 Å². The Bertz CT molecular complexity index is 3290. The summed E-state index contributed by atoms with van der Waals surface area (Å²) in [6.07, 6.45) is 12.6. The van der Waals surface area contributed by atoms with E-state index in [9.17, 15) is 92.5 Å². The van der Waals surface area contributed by atoms with Crippen molar-refractivity contribution in [1.82, 2.24) is 63.8 Å². The predicted octanol–water partition coefficient (Wildman–Crippen LogP) is 6.05. The van der Waals surface area contributed by atoms with Crippen LogP contribution < -0.4 is 68.5 Å². The summed E-state index contributed by atoms with van der Waals surface area (Å²) in [4.78, 5) is 196. The Morgan fingerprint density at radius 2 is 0.649 bits per heavy atom. The second kappa shape index (κ2) is 62.0. The number of aromatic hydroxyl groups is 1. The van der Waals surface area contributed by atoms with E-state index in [1.54, 1.807) is 55.4 Å². The summed E-state index contributed by atoms with van der Waals surface area (Å²) in [5, 5.41) is 72.1. The van der Waals surface area contributed by atoms with Crippen molar-refractivity contribution < 1.29 is 93.3 Å². The van der Waals surface area contributed by atoms with Gasteiger partial charge in [-0.2, -0.15) is 0 Å². The summed E-state index contributed by atoms with van der Waals surface area (Å²) in [5.41, 5.74) is -0.231. The first kappa shape index (κ1) is 102. The highest BCUT2D eigenvalue weighted by atomic mass is 16.6. The molecule has 12 amide bonds. The van der Waals surface area contributed by atoms with Crippen molar-refractivity contribution in [2.75, 3.05) is 13.1 Å². The van der Waals surface area contributed by atoms with E-state index < -0.39 is 118 Å². The Morgan fingerprint density at radius 3 is 0.910 bits per heavy atom. The van der Waals surface area contributed by atoms with Gasteiger partial charge in [-0.25, -0.2) is 9.59 Å². The van der Waals surface area contributed by atoms with Gasteiger partial charge in [0.25, 0.3) is 11.4 Å². The van der Waals surface area contributed by atoms with Crippen molar-refractivity contribution >= 4 is 94.2 Å². The lowest BCUT2D eigenvalue weighted by molar-refractivity contribution is -0.385. The molecule has 0 heterocycles. The number of carbonyl (C=O) groups is 14. The molecule has 0 saturated heterocycles. The van der Waals surface area contributed by atoms with Gasteiger partial charge in [0.2, 0.25) is 70.9 Å². The molecule has 0 aliphatic carbocycles. The maximum atomic E-state index is 13.8. The van der Waals surface area contributed by atoms with Crippen molar-refractivity contribution in [3.05, 3.63) is 68.8 Å². The minimum absolute atomic E-state index is 0.000942. The largest absolute Gasteiger partial charge is 0.508 e. The van der Waals surface area contributed by atoms with Crippen molar-refractivity contribution in [3.8, 4) is 24.3 Å². The Labute approximate surface area is 653 Å². The van der Waals surface area contributed by atoms with Crippen LogP contribution in [-0.2, 0) is 67.1 Å². The third-order valence-corrected chi connectivity index (χ3v) is 16.3. The van der Waals surface area contributed by atoms with Crippen LogP contribution in [0.3, 0.4) is 0 Å². The summed E-state index contributed by atoms with van der Waals surface area (Å²) < 4.78 is 11.2. The van der Waals surface area contributed by atoms with E-state index in [2.05, 4.69) is 70.2 Å². The minimum atomic E-state index is -1.27. The Kier molecular flexibility index (Phi) is 57.1. The van der Waals surface area contributed by atoms with Gasteiger partial charge in [-0.3, -0.25) is 77.8 Å². The van der Waals surface area contributed by atoms with E-state index in [-0.39, 0.29) is 142 Å². The van der Waals surface area contributed by atoms with E-state index in [1.165, 1.54) is 42.8 Å². The molecule has 0 bridgehead atoms. The van der Waals surface area contributed by atoms with Crippen LogP contribution in [0.5, 0.6) is 11.5 Å². The third-order valence-electron chi connectivity index (χ3n) is 16.3. The van der Waals surface area contributed by atoms with E-state index in [0.717, 1.165) is 12.1 Å². The van der Waals surface area contributed by atoms with Crippen molar-refractivity contribution in [2.24, 2.45) is 0 Å². The number of aliphatic carboxylic acids is 1. The van der Waals surface area contributed by atoms with Crippen LogP contribution in [0.25, 0.3) is 0 Å². The number of rotatable bonds is 49. The average Bonchev–Trinajstić information content (AvgIpc) is 1.10. The summed E-state index contributed by atoms with van der Waals surface area (Å²) in [6, 6.07) is 0.277. The van der Waals surface area contributed by atoms with Gasteiger partial charge in [0.1, 0.15) is 49.1 Å². The Morgan fingerprint density at radius 1 is 0.396 bits per heavy atom. The number of carbonyl (C=O) groups excluding carboxylic acids is 13. The molecule has 10 atom stereocenters. The summed E-state index contributed by atoms with van der Waals surface area (Å²) >= 11 is 0. The number of nitrogens with one attached hydrogen (secondary N) is 12.